The van der Waals surface area contributed by atoms with Crippen molar-refractivity contribution in [2.24, 2.45) is 0 Å². The van der Waals surface area contributed by atoms with Gasteiger partial charge in [0.05, 0.1) is 11.4 Å². The van der Waals surface area contributed by atoms with E-state index in [4.69, 9.17) is 0 Å². The fourth-order valence-electron chi connectivity index (χ4n) is 2.79. The van der Waals surface area contributed by atoms with Crippen molar-refractivity contribution in [3.05, 3.63) is 96.2 Å². The molecule has 4 aromatic rings. The summed E-state index contributed by atoms with van der Waals surface area (Å²) in [4.78, 5) is 0. The van der Waals surface area contributed by atoms with Gasteiger partial charge in [-0.15, -0.1) is 10.7 Å². The van der Waals surface area contributed by atoms with Gasteiger partial charge < -0.3 is 0 Å². The molecule has 4 rings (SSSR count). The quantitative estimate of drug-likeness (QED) is 0.355. The van der Waals surface area contributed by atoms with Crippen LogP contribution in [0.3, 0.4) is 0 Å². The Hall–Kier alpha value is -2.42. The van der Waals surface area contributed by atoms with E-state index in [1.54, 1.807) is 0 Å². The molecule has 0 fully saturated rings. The van der Waals surface area contributed by atoms with Crippen molar-refractivity contribution >= 4 is 0 Å². The molecule has 3 aromatic carbocycles. The zero-order valence-corrected chi connectivity index (χ0v) is 16.0. The van der Waals surface area contributed by atoms with E-state index in [9.17, 15) is 0 Å². The van der Waals surface area contributed by atoms with Crippen molar-refractivity contribution in [2.75, 3.05) is 0 Å². The van der Waals surface area contributed by atoms with Crippen LogP contribution >= 0.6 is 0 Å². The van der Waals surface area contributed by atoms with Gasteiger partial charge in [0.2, 0.25) is 0 Å². The largest absolute Gasteiger partial charge is 2.00 e. The molecule has 0 saturated heterocycles. The zero-order chi connectivity index (χ0) is 17.3. The van der Waals surface area contributed by atoms with Gasteiger partial charge in [0.25, 0.3) is 0 Å². The Morgan fingerprint density at radius 3 is 2.23 bits per heavy atom. The van der Waals surface area contributed by atoms with E-state index in [2.05, 4.69) is 65.8 Å². The van der Waals surface area contributed by atoms with Gasteiger partial charge >= 0.3 is 17.1 Å². The third-order valence-corrected chi connectivity index (χ3v) is 3.96. The van der Waals surface area contributed by atoms with Crippen molar-refractivity contribution in [2.45, 2.75) is 26.3 Å². The van der Waals surface area contributed by atoms with E-state index in [1.807, 2.05) is 41.1 Å². The average molecular weight is 385 g/mol. The normalized spacial score (nSPS) is 9.88. The molecule has 0 aliphatic carbocycles. The second-order valence-electron chi connectivity index (χ2n) is 5.91. The van der Waals surface area contributed by atoms with Crippen molar-refractivity contribution in [3.63, 3.8) is 0 Å². The molecule has 0 aliphatic rings. The summed E-state index contributed by atoms with van der Waals surface area (Å²) in [6.45, 7) is 2.94. The summed E-state index contributed by atoms with van der Waals surface area (Å²) in [5.41, 5.74) is 4.68. The molecule has 0 amide bonds. The summed E-state index contributed by atoms with van der Waals surface area (Å²) in [7, 11) is 0. The smallest absolute Gasteiger partial charge is 0.252 e. The van der Waals surface area contributed by atoms with Crippen LogP contribution in [0.2, 0.25) is 0 Å². The second-order valence-corrected chi connectivity index (χ2v) is 5.91. The third kappa shape index (κ3) is 5.29. The van der Waals surface area contributed by atoms with Crippen molar-refractivity contribution < 1.29 is 17.1 Å². The fourth-order valence-corrected chi connectivity index (χ4v) is 2.79. The molecule has 0 atom stereocenters. The Bertz CT molecular complexity index is 814. The van der Waals surface area contributed by atoms with Gasteiger partial charge in [-0.05, 0) is 6.42 Å². The van der Waals surface area contributed by atoms with Crippen LogP contribution in [0.1, 0.15) is 24.6 Å². The number of benzene rings is 1. The van der Waals surface area contributed by atoms with E-state index in [0.29, 0.717) is 0 Å². The predicted molar refractivity (Wildman–Crippen MR) is 103 cm³/mol. The maximum absolute atomic E-state index is 4.38. The van der Waals surface area contributed by atoms with Gasteiger partial charge in [0.1, 0.15) is 0 Å². The minimum absolute atomic E-state index is 0. The first-order valence-corrected chi connectivity index (χ1v) is 8.73. The minimum Gasteiger partial charge on any atom is -0.252 e. The number of aryl methyl sites for hydroxylation is 1. The predicted octanol–water partition coefficient (Wildman–Crippen LogP) is 5.07. The molecular weight excluding hydrogens is 362 g/mol. The number of hydrogen-bond acceptors (Lipinski definition) is 2. The Morgan fingerprint density at radius 2 is 1.65 bits per heavy atom. The van der Waals surface area contributed by atoms with Crippen LogP contribution in [0, 0.1) is 0 Å². The monoisotopic (exact) mass is 385 g/mol. The first-order valence-electron chi connectivity index (χ1n) is 8.73. The Balaban J connectivity index is 0.000000351. The van der Waals surface area contributed by atoms with Gasteiger partial charge in [-0.2, -0.15) is 30.3 Å². The summed E-state index contributed by atoms with van der Waals surface area (Å²) in [6, 6.07) is 28.8. The van der Waals surface area contributed by atoms with E-state index in [0.717, 1.165) is 30.8 Å². The fraction of sp³-hybridized carbons (Fsp3) is 0.182. The standard InChI is InChI=1S/C17H18N3.C5H5.Fe/c1-2-8-16-17(15-11-4-3-5-12-15)20(19-18-16)13-14-9-6-7-10-14;1-2-4-5-3-1;/h3-7,9-12H,2,8,13H2,1H3;1-5H;/q2*-1;+2. The number of hydrogen-bond donors (Lipinski definition) is 0. The molecule has 1 aromatic heterocycles. The summed E-state index contributed by atoms with van der Waals surface area (Å²) < 4.78 is 2.01. The maximum atomic E-state index is 4.38. The molecule has 0 N–H and O–H groups in total. The Morgan fingerprint density at radius 1 is 0.962 bits per heavy atom. The summed E-state index contributed by atoms with van der Waals surface area (Å²) in [5, 5.41) is 8.73. The van der Waals surface area contributed by atoms with Gasteiger partial charge in [-0.25, -0.2) is 24.3 Å². The number of aromatic nitrogens is 3. The summed E-state index contributed by atoms with van der Waals surface area (Å²) >= 11 is 0. The molecule has 3 nitrogen and oxygen atoms in total. The first kappa shape index (κ1) is 19.9. The van der Waals surface area contributed by atoms with Gasteiger partial charge in [0, 0.05) is 12.1 Å². The molecule has 1 heterocycles. The van der Waals surface area contributed by atoms with Crippen LogP contribution < -0.4 is 0 Å². The molecule has 0 radical (unpaired) electrons. The number of rotatable bonds is 5. The van der Waals surface area contributed by atoms with E-state index >= 15 is 0 Å². The molecule has 26 heavy (non-hydrogen) atoms. The van der Waals surface area contributed by atoms with Crippen molar-refractivity contribution in [1.29, 1.82) is 0 Å². The Labute approximate surface area is 165 Å². The topological polar surface area (TPSA) is 30.7 Å². The van der Waals surface area contributed by atoms with Crippen LogP contribution in [-0.4, -0.2) is 15.0 Å². The molecule has 134 valence electrons. The SMILES string of the molecule is CCCc1nnn(C[c-]2cccc2)c1-c1ccccc1.[Fe+2].c1cc[cH-]c1. The van der Waals surface area contributed by atoms with Crippen LogP contribution in [0.15, 0.2) is 84.9 Å². The van der Waals surface area contributed by atoms with Gasteiger partial charge in [-0.1, -0.05) is 48.9 Å². The summed E-state index contributed by atoms with van der Waals surface area (Å²) in [5.74, 6) is 0. The minimum atomic E-state index is 0. The molecule has 0 saturated carbocycles. The third-order valence-electron chi connectivity index (χ3n) is 3.96. The molecule has 0 spiro atoms. The van der Waals surface area contributed by atoms with Gasteiger partial charge in [-0.3, -0.25) is 4.68 Å². The van der Waals surface area contributed by atoms with Gasteiger partial charge in [0.15, 0.2) is 0 Å². The van der Waals surface area contributed by atoms with Crippen LogP contribution in [0.5, 0.6) is 0 Å². The van der Waals surface area contributed by atoms with Crippen molar-refractivity contribution in [3.8, 4) is 11.3 Å². The maximum Gasteiger partial charge on any atom is 2.00 e. The van der Waals surface area contributed by atoms with E-state index in [1.165, 1.54) is 11.1 Å². The van der Waals surface area contributed by atoms with E-state index < -0.39 is 0 Å². The summed E-state index contributed by atoms with van der Waals surface area (Å²) in [6.07, 6.45) is 2.04. The van der Waals surface area contributed by atoms with Crippen LogP contribution in [0.4, 0.5) is 0 Å². The van der Waals surface area contributed by atoms with Crippen molar-refractivity contribution in [1.82, 2.24) is 15.0 Å². The first-order chi connectivity index (χ1) is 12.4. The van der Waals surface area contributed by atoms with Crippen LogP contribution in [-0.2, 0) is 30.0 Å². The second kappa shape index (κ2) is 10.5. The van der Waals surface area contributed by atoms with E-state index in [-0.39, 0.29) is 17.1 Å². The molecular formula is C22H23FeN3. The molecule has 0 unspecified atom stereocenters. The Kier molecular flexibility index (Phi) is 8.07. The molecule has 0 aliphatic heterocycles. The molecule has 0 bridgehead atoms. The zero-order valence-electron chi connectivity index (χ0n) is 14.9. The van der Waals surface area contributed by atoms with Crippen LogP contribution in [0.25, 0.3) is 11.3 Å². The molecule has 4 heteroatoms. The average Bonchev–Trinajstić information content (AvgIpc) is 3.41. The number of nitrogens with zero attached hydrogens (tertiary/aromatic N) is 3.